The Morgan fingerprint density at radius 2 is 2.26 bits per heavy atom. The van der Waals surface area contributed by atoms with E-state index >= 15 is 0 Å². The van der Waals surface area contributed by atoms with E-state index in [1.165, 1.54) is 23.9 Å². The maximum Gasteiger partial charge on any atom is 0.252 e. The maximum atomic E-state index is 12.5. The number of halogens is 1. The number of allylic oxidation sites excluding steroid dienone is 2. The van der Waals surface area contributed by atoms with Gasteiger partial charge in [-0.2, -0.15) is 0 Å². The van der Waals surface area contributed by atoms with Gasteiger partial charge in [-0.3, -0.25) is 4.79 Å². The number of aromatic nitrogens is 4. The fourth-order valence-electron chi connectivity index (χ4n) is 3.56. The van der Waals surface area contributed by atoms with Gasteiger partial charge in [0.15, 0.2) is 0 Å². The van der Waals surface area contributed by atoms with Crippen molar-refractivity contribution >= 4 is 17.5 Å². The SMILES string of the molecule is O=C(NCC1CC2C=CC1C2)c1cc(-n2cnnn2)ccc1Cl. The van der Waals surface area contributed by atoms with Crippen LogP contribution in [-0.4, -0.2) is 32.7 Å². The second kappa shape index (κ2) is 5.77. The first-order chi connectivity index (χ1) is 11.2. The van der Waals surface area contributed by atoms with Crippen LogP contribution in [0.3, 0.4) is 0 Å². The molecule has 1 heterocycles. The molecular weight excluding hydrogens is 314 g/mol. The van der Waals surface area contributed by atoms with E-state index < -0.39 is 0 Å². The summed E-state index contributed by atoms with van der Waals surface area (Å²) in [5.41, 5.74) is 1.14. The largest absolute Gasteiger partial charge is 0.352 e. The zero-order valence-corrected chi connectivity index (χ0v) is 13.1. The second-order valence-corrected chi connectivity index (χ2v) is 6.58. The fourth-order valence-corrected chi connectivity index (χ4v) is 3.76. The summed E-state index contributed by atoms with van der Waals surface area (Å²) < 4.78 is 1.49. The summed E-state index contributed by atoms with van der Waals surface area (Å²) in [5.74, 6) is 1.70. The lowest BCUT2D eigenvalue weighted by Gasteiger charge is -2.18. The van der Waals surface area contributed by atoms with Crippen molar-refractivity contribution in [3.05, 3.63) is 47.3 Å². The van der Waals surface area contributed by atoms with Gasteiger partial charge in [-0.15, -0.1) is 5.10 Å². The molecule has 1 saturated carbocycles. The van der Waals surface area contributed by atoms with Gasteiger partial charge >= 0.3 is 0 Å². The van der Waals surface area contributed by atoms with E-state index in [0.29, 0.717) is 40.6 Å². The molecule has 0 saturated heterocycles. The third-order valence-corrected chi connectivity index (χ3v) is 5.08. The van der Waals surface area contributed by atoms with Crippen molar-refractivity contribution in [1.29, 1.82) is 0 Å². The minimum atomic E-state index is -0.156. The number of carbonyl (C=O) groups is 1. The fraction of sp³-hybridized carbons (Fsp3) is 0.375. The molecule has 1 fully saturated rings. The molecule has 2 aliphatic rings. The molecule has 23 heavy (non-hydrogen) atoms. The molecule has 0 spiro atoms. The highest BCUT2D eigenvalue weighted by atomic mass is 35.5. The number of hydrogen-bond acceptors (Lipinski definition) is 4. The second-order valence-electron chi connectivity index (χ2n) is 6.17. The van der Waals surface area contributed by atoms with Gasteiger partial charge < -0.3 is 5.32 Å². The Hall–Kier alpha value is -2.21. The summed E-state index contributed by atoms with van der Waals surface area (Å²) in [5, 5.41) is 14.5. The predicted octanol–water partition coefficient (Wildman–Crippen LogP) is 2.26. The molecule has 2 aliphatic carbocycles. The van der Waals surface area contributed by atoms with Crippen LogP contribution in [0.25, 0.3) is 5.69 Å². The number of amides is 1. The molecule has 0 aliphatic heterocycles. The molecule has 118 valence electrons. The highest BCUT2D eigenvalue weighted by Gasteiger charge is 2.35. The van der Waals surface area contributed by atoms with Crippen molar-refractivity contribution in [2.75, 3.05) is 6.54 Å². The van der Waals surface area contributed by atoms with E-state index in [4.69, 9.17) is 11.6 Å². The summed E-state index contributed by atoms with van der Waals surface area (Å²) in [7, 11) is 0. The van der Waals surface area contributed by atoms with Gasteiger partial charge in [0, 0.05) is 6.54 Å². The summed E-state index contributed by atoms with van der Waals surface area (Å²) in [6, 6.07) is 5.17. The molecule has 1 aromatic carbocycles. The van der Waals surface area contributed by atoms with Gasteiger partial charge in [0.25, 0.3) is 5.91 Å². The number of benzene rings is 1. The highest BCUT2D eigenvalue weighted by molar-refractivity contribution is 6.33. The standard InChI is InChI=1S/C16H16ClN5O/c17-15-4-3-13(22-9-19-20-21-22)7-14(15)16(23)18-8-12-6-10-1-2-11(12)5-10/h1-4,7,9-12H,5-6,8H2,(H,18,23). The van der Waals surface area contributed by atoms with Crippen LogP contribution in [0, 0.1) is 17.8 Å². The lowest BCUT2D eigenvalue weighted by atomic mass is 9.93. The van der Waals surface area contributed by atoms with Crippen molar-refractivity contribution in [1.82, 2.24) is 25.5 Å². The molecule has 2 bridgehead atoms. The Kier molecular flexibility index (Phi) is 3.61. The predicted molar refractivity (Wildman–Crippen MR) is 85.3 cm³/mol. The lowest BCUT2D eigenvalue weighted by Crippen LogP contribution is -2.31. The lowest BCUT2D eigenvalue weighted by molar-refractivity contribution is 0.0945. The van der Waals surface area contributed by atoms with Gasteiger partial charge in [0.2, 0.25) is 0 Å². The Morgan fingerprint density at radius 1 is 1.35 bits per heavy atom. The first-order valence-electron chi connectivity index (χ1n) is 7.70. The Morgan fingerprint density at radius 3 is 2.96 bits per heavy atom. The number of hydrogen-bond donors (Lipinski definition) is 1. The number of nitrogens with zero attached hydrogens (tertiary/aromatic N) is 4. The summed E-state index contributed by atoms with van der Waals surface area (Å²) in [6.07, 6.45) is 8.47. The van der Waals surface area contributed by atoms with Crippen molar-refractivity contribution in [2.24, 2.45) is 17.8 Å². The Balaban J connectivity index is 1.47. The molecular formula is C16H16ClN5O. The molecule has 7 heteroatoms. The van der Waals surface area contributed by atoms with Crippen LogP contribution in [0.5, 0.6) is 0 Å². The number of carbonyl (C=O) groups excluding carboxylic acids is 1. The zero-order valence-electron chi connectivity index (χ0n) is 12.4. The van der Waals surface area contributed by atoms with Gasteiger partial charge in [-0.25, -0.2) is 4.68 Å². The zero-order chi connectivity index (χ0) is 15.8. The average Bonchev–Trinajstić information content (AvgIpc) is 3.30. The van der Waals surface area contributed by atoms with Crippen LogP contribution in [0.4, 0.5) is 0 Å². The maximum absolute atomic E-state index is 12.5. The quantitative estimate of drug-likeness (QED) is 0.873. The summed E-state index contributed by atoms with van der Waals surface area (Å²) >= 11 is 6.18. The number of nitrogens with one attached hydrogen (secondary N) is 1. The first kappa shape index (κ1) is 14.4. The normalized spacial score (nSPS) is 25.0. The summed E-state index contributed by atoms with van der Waals surface area (Å²) in [6.45, 7) is 0.690. The smallest absolute Gasteiger partial charge is 0.252 e. The van der Waals surface area contributed by atoms with E-state index in [9.17, 15) is 4.79 Å². The first-order valence-corrected chi connectivity index (χ1v) is 8.08. The molecule has 3 unspecified atom stereocenters. The van der Waals surface area contributed by atoms with Gasteiger partial charge in [-0.05, 0) is 59.2 Å². The van der Waals surface area contributed by atoms with Crippen LogP contribution < -0.4 is 5.32 Å². The van der Waals surface area contributed by atoms with Crippen molar-refractivity contribution < 1.29 is 4.79 Å². The third-order valence-electron chi connectivity index (χ3n) is 4.75. The van der Waals surface area contributed by atoms with Gasteiger partial charge in [-0.1, -0.05) is 23.8 Å². The molecule has 1 aromatic heterocycles. The highest BCUT2D eigenvalue weighted by Crippen LogP contribution is 2.42. The van der Waals surface area contributed by atoms with E-state index in [1.54, 1.807) is 18.2 Å². The molecule has 2 aromatic rings. The molecule has 4 rings (SSSR count). The third kappa shape index (κ3) is 2.74. The monoisotopic (exact) mass is 329 g/mol. The molecule has 3 atom stereocenters. The van der Waals surface area contributed by atoms with E-state index in [0.717, 1.165) is 0 Å². The van der Waals surface area contributed by atoms with E-state index in [-0.39, 0.29) is 5.91 Å². The van der Waals surface area contributed by atoms with Crippen LogP contribution in [0.1, 0.15) is 23.2 Å². The van der Waals surface area contributed by atoms with Crippen LogP contribution in [0.2, 0.25) is 5.02 Å². The van der Waals surface area contributed by atoms with Gasteiger partial charge in [0.1, 0.15) is 6.33 Å². The van der Waals surface area contributed by atoms with Crippen molar-refractivity contribution in [3.63, 3.8) is 0 Å². The average molecular weight is 330 g/mol. The number of fused-ring (bicyclic) bond motifs is 2. The number of rotatable bonds is 4. The number of tetrazole rings is 1. The van der Waals surface area contributed by atoms with Crippen molar-refractivity contribution in [2.45, 2.75) is 12.8 Å². The van der Waals surface area contributed by atoms with Crippen LogP contribution >= 0.6 is 11.6 Å². The minimum Gasteiger partial charge on any atom is -0.352 e. The summed E-state index contributed by atoms with van der Waals surface area (Å²) in [4.78, 5) is 12.5. The molecule has 6 nitrogen and oxygen atoms in total. The molecule has 1 amide bonds. The Bertz CT molecular complexity index is 758. The van der Waals surface area contributed by atoms with Gasteiger partial charge in [0.05, 0.1) is 16.3 Å². The Labute approximate surface area is 138 Å². The van der Waals surface area contributed by atoms with Crippen LogP contribution in [0.15, 0.2) is 36.7 Å². The molecule has 1 N–H and O–H groups in total. The van der Waals surface area contributed by atoms with Crippen LogP contribution in [-0.2, 0) is 0 Å². The van der Waals surface area contributed by atoms with E-state index in [2.05, 4.69) is 33.0 Å². The topological polar surface area (TPSA) is 72.7 Å². The molecule has 0 radical (unpaired) electrons. The van der Waals surface area contributed by atoms with E-state index in [1.807, 2.05) is 0 Å². The minimum absolute atomic E-state index is 0.156. The van der Waals surface area contributed by atoms with Crippen molar-refractivity contribution in [3.8, 4) is 5.69 Å².